The summed E-state index contributed by atoms with van der Waals surface area (Å²) in [5.74, 6) is 0.761. The zero-order valence-corrected chi connectivity index (χ0v) is 7.01. The predicted octanol–water partition coefficient (Wildman–Crippen LogP) is 1.02. The summed E-state index contributed by atoms with van der Waals surface area (Å²) in [6, 6.07) is 0. The zero-order valence-electron chi connectivity index (χ0n) is 7.01. The van der Waals surface area contributed by atoms with Gasteiger partial charge < -0.3 is 0 Å². The Hall–Kier alpha value is -0.830. The summed E-state index contributed by atoms with van der Waals surface area (Å²) in [7, 11) is 0. The Morgan fingerprint density at radius 3 is 2.92 bits per heavy atom. The molecular formula is C9H13NO2. The Kier molecular flexibility index (Phi) is 1.68. The number of amides is 1. The third kappa shape index (κ3) is 1.14. The van der Waals surface area contributed by atoms with Gasteiger partial charge in [0, 0.05) is 0 Å². The van der Waals surface area contributed by atoms with Crippen LogP contribution in [0.4, 0.5) is 0 Å². The van der Waals surface area contributed by atoms with Gasteiger partial charge in [0.25, 0.3) is 0 Å². The van der Waals surface area contributed by atoms with Gasteiger partial charge >= 0.3 is 0 Å². The largest absolute Gasteiger partial charge is 0.273 e. The SMILES string of the molecule is C=CCCONC(=O)C12CC1C2. The number of hydrogen-bond acceptors (Lipinski definition) is 2. The summed E-state index contributed by atoms with van der Waals surface area (Å²) >= 11 is 0. The van der Waals surface area contributed by atoms with Crippen LogP contribution in [0.15, 0.2) is 12.7 Å². The number of fused-ring (bicyclic) bond motifs is 1. The molecule has 2 fully saturated rings. The van der Waals surface area contributed by atoms with E-state index in [1.165, 1.54) is 0 Å². The third-order valence-electron chi connectivity index (χ3n) is 2.72. The van der Waals surface area contributed by atoms with Crippen molar-refractivity contribution in [2.75, 3.05) is 6.61 Å². The topological polar surface area (TPSA) is 38.3 Å². The molecule has 0 aromatic rings. The minimum absolute atomic E-state index is 0.0220. The van der Waals surface area contributed by atoms with Crippen molar-refractivity contribution in [3.63, 3.8) is 0 Å². The van der Waals surface area contributed by atoms with Crippen molar-refractivity contribution in [1.29, 1.82) is 0 Å². The normalized spacial score (nSPS) is 35.2. The number of hydroxylamine groups is 1. The van der Waals surface area contributed by atoms with E-state index >= 15 is 0 Å². The van der Waals surface area contributed by atoms with E-state index in [-0.39, 0.29) is 11.3 Å². The molecule has 0 heterocycles. The standard InChI is InChI=1S/C9H13NO2/c1-2-3-4-12-10-8(11)9-5-7(9)6-9/h2,7H,1,3-6H2,(H,10,11). The molecule has 12 heavy (non-hydrogen) atoms. The van der Waals surface area contributed by atoms with Gasteiger partial charge in [-0.25, -0.2) is 5.48 Å². The molecule has 2 rings (SSSR count). The van der Waals surface area contributed by atoms with Gasteiger partial charge in [0.2, 0.25) is 5.91 Å². The monoisotopic (exact) mass is 167 g/mol. The molecule has 0 bridgehead atoms. The highest BCUT2D eigenvalue weighted by atomic mass is 16.6. The number of hydrogen-bond donors (Lipinski definition) is 1. The van der Waals surface area contributed by atoms with Crippen molar-refractivity contribution in [3.05, 3.63) is 12.7 Å². The number of carbonyl (C=O) groups excluding carboxylic acids is 1. The summed E-state index contributed by atoms with van der Waals surface area (Å²) < 4.78 is 0. The number of carbonyl (C=O) groups is 1. The van der Waals surface area contributed by atoms with E-state index in [0.29, 0.717) is 12.5 Å². The van der Waals surface area contributed by atoms with E-state index in [1.54, 1.807) is 6.08 Å². The third-order valence-corrected chi connectivity index (χ3v) is 2.72. The van der Waals surface area contributed by atoms with Crippen LogP contribution in [0.5, 0.6) is 0 Å². The van der Waals surface area contributed by atoms with E-state index in [4.69, 9.17) is 4.84 Å². The molecule has 0 aromatic heterocycles. The maximum atomic E-state index is 11.3. The molecule has 2 saturated carbocycles. The quantitative estimate of drug-likeness (QED) is 0.377. The molecule has 0 spiro atoms. The molecule has 3 nitrogen and oxygen atoms in total. The molecule has 2 aliphatic carbocycles. The molecule has 0 aromatic carbocycles. The molecular weight excluding hydrogens is 154 g/mol. The van der Waals surface area contributed by atoms with Crippen LogP contribution >= 0.6 is 0 Å². The summed E-state index contributed by atoms with van der Waals surface area (Å²) in [5.41, 5.74) is 2.50. The summed E-state index contributed by atoms with van der Waals surface area (Å²) in [5, 5.41) is 0. The lowest BCUT2D eigenvalue weighted by atomic mass is 10.2. The van der Waals surface area contributed by atoms with Gasteiger partial charge in [-0.2, -0.15) is 0 Å². The average Bonchev–Trinajstić information content (AvgIpc) is 2.83. The van der Waals surface area contributed by atoms with Crippen molar-refractivity contribution in [2.24, 2.45) is 11.3 Å². The zero-order chi connectivity index (χ0) is 8.60. The van der Waals surface area contributed by atoms with Crippen molar-refractivity contribution in [2.45, 2.75) is 19.3 Å². The summed E-state index contributed by atoms with van der Waals surface area (Å²) in [6.07, 6.45) is 4.69. The molecule has 66 valence electrons. The Labute approximate surface area is 71.7 Å². The smallest absolute Gasteiger partial charge is 0.250 e. The minimum atomic E-state index is 0.0220. The molecule has 1 N–H and O–H groups in total. The maximum absolute atomic E-state index is 11.3. The fourth-order valence-electron chi connectivity index (χ4n) is 1.43. The highest BCUT2D eigenvalue weighted by molar-refractivity contribution is 5.89. The van der Waals surface area contributed by atoms with Gasteiger partial charge in [-0.05, 0) is 25.2 Å². The summed E-state index contributed by atoms with van der Waals surface area (Å²) in [6.45, 7) is 4.08. The molecule has 3 heteroatoms. The van der Waals surface area contributed by atoms with Crippen molar-refractivity contribution in [1.82, 2.24) is 5.48 Å². The van der Waals surface area contributed by atoms with Gasteiger partial charge in [0.15, 0.2) is 0 Å². The van der Waals surface area contributed by atoms with Crippen LogP contribution in [0.1, 0.15) is 19.3 Å². The van der Waals surface area contributed by atoms with E-state index in [1.807, 2.05) is 0 Å². The molecule has 0 radical (unpaired) electrons. The van der Waals surface area contributed by atoms with Gasteiger partial charge in [-0.1, -0.05) is 6.08 Å². The highest BCUT2D eigenvalue weighted by Crippen LogP contribution is 2.75. The molecule has 0 atom stereocenters. The highest BCUT2D eigenvalue weighted by Gasteiger charge is 2.74. The number of nitrogens with one attached hydrogen (secondary N) is 1. The van der Waals surface area contributed by atoms with Crippen LogP contribution in [0.25, 0.3) is 0 Å². The van der Waals surface area contributed by atoms with E-state index in [2.05, 4.69) is 12.1 Å². The molecule has 0 unspecified atom stereocenters. The van der Waals surface area contributed by atoms with Crippen LogP contribution < -0.4 is 5.48 Å². The van der Waals surface area contributed by atoms with Crippen molar-refractivity contribution in [3.8, 4) is 0 Å². The second kappa shape index (κ2) is 2.59. The lowest BCUT2D eigenvalue weighted by molar-refractivity contribution is -0.136. The summed E-state index contributed by atoms with van der Waals surface area (Å²) in [4.78, 5) is 16.2. The van der Waals surface area contributed by atoms with Crippen LogP contribution in [-0.4, -0.2) is 12.5 Å². The first-order valence-corrected chi connectivity index (χ1v) is 4.33. The maximum Gasteiger partial charge on any atom is 0.250 e. The lowest BCUT2D eigenvalue weighted by Gasteiger charge is -2.05. The Balaban J connectivity index is 1.60. The molecule has 1 amide bonds. The van der Waals surface area contributed by atoms with Crippen molar-refractivity contribution >= 4 is 5.91 Å². The molecule has 2 aliphatic rings. The minimum Gasteiger partial charge on any atom is -0.273 e. The fourth-order valence-corrected chi connectivity index (χ4v) is 1.43. The van der Waals surface area contributed by atoms with E-state index in [0.717, 1.165) is 19.3 Å². The molecule has 0 aliphatic heterocycles. The second-order valence-corrected chi connectivity index (χ2v) is 3.62. The Bertz CT molecular complexity index is 219. The van der Waals surface area contributed by atoms with E-state index in [9.17, 15) is 4.79 Å². The number of rotatable bonds is 5. The van der Waals surface area contributed by atoms with Gasteiger partial charge in [0.1, 0.15) is 0 Å². The van der Waals surface area contributed by atoms with Crippen LogP contribution in [0.3, 0.4) is 0 Å². The lowest BCUT2D eigenvalue weighted by Crippen LogP contribution is -2.28. The Morgan fingerprint density at radius 2 is 2.42 bits per heavy atom. The van der Waals surface area contributed by atoms with Crippen molar-refractivity contribution < 1.29 is 9.63 Å². The van der Waals surface area contributed by atoms with Gasteiger partial charge in [-0.3, -0.25) is 9.63 Å². The second-order valence-electron chi connectivity index (χ2n) is 3.62. The first-order chi connectivity index (χ1) is 5.79. The van der Waals surface area contributed by atoms with Crippen LogP contribution in [-0.2, 0) is 9.63 Å². The first kappa shape index (κ1) is 7.80. The van der Waals surface area contributed by atoms with Gasteiger partial charge in [0.05, 0.1) is 12.0 Å². The Morgan fingerprint density at radius 1 is 1.75 bits per heavy atom. The average molecular weight is 167 g/mol. The predicted molar refractivity (Wildman–Crippen MR) is 44.1 cm³/mol. The molecule has 0 saturated heterocycles. The van der Waals surface area contributed by atoms with Crippen LogP contribution in [0, 0.1) is 11.3 Å². The van der Waals surface area contributed by atoms with Crippen LogP contribution in [0.2, 0.25) is 0 Å². The fraction of sp³-hybridized carbons (Fsp3) is 0.667. The first-order valence-electron chi connectivity index (χ1n) is 4.33. The van der Waals surface area contributed by atoms with Gasteiger partial charge in [-0.15, -0.1) is 6.58 Å². The van der Waals surface area contributed by atoms with E-state index < -0.39 is 0 Å².